The number of imidazole rings is 1. The molecule has 1 fully saturated rings. The van der Waals surface area contributed by atoms with Crippen molar-refractivity contribution in [1.29, 1.82) is 0 Å². The lowest BCUT2D eigenvalue weighted by atomic mass is 9.93. The second-order valence-electron chi connectivity index (χ2n) is 6.60. The van der Waals surface area contributed by atoms with Gasteiger partial charge in [-0.3, -0.25) is 0 Å². The average molecular weight is 344 g/mol. The van der Waals surface area contributed by atoms with E-state index in [1.807, 2.05) is 18.6 Å². The highest BCUT2D eigenvalue weighted by Gasteiger charge is 2.28. The van der Waals surface area contributed by atoms with E-state index in [9.17, 15) is 0 Å². The number of nitrogens with one attached hydrogen (secondary N) is 1. The predicted molar refractivity (Wildman–Crippen MR) is 97.3 cm³/mol. The number of hydrogen-bond acceptors (Lipinski definition) is 4. The number of hydrogen-bond donors (Lipinski definition) is 1. The first-order valence-electron chi connectivity index (χ1n) is 9.16. The minimum atomic E-state index is 0.414. The van der Waals surface area contributed by atoms with Crippen LogP contribution in [0.25, 0.3) is 0 Å². The Kier molecular flexibility index (Phi) is 5.73. The summed E-state index contributed by atoms with van der Waals surface area (Å²) in [7, 11) is 0. The van der Waals surface area contributed by atoms with Gasteiger partial charge in [0, 0.05) is 38.1 Å². The lowest BCUT2D eigenvalue weighted by Crippen LogP contribution is -2.49. The van der Waals surface area contributed by atoms with Gasteiger partial charge in [0.2, 0.25) is 0 Å². The van der Waals surface area contributed by atoms with Crippen LogP contribution < -0.4 is 5.32 Å². The number of aryl methyl sites for hydroxylation is 1. The summed E-state index contributed by atoms with van der Waals surface area (Å²) in [4.78, 5) is 11.3. The van der Waals surface area contributed by atoms with Gasteiger partial charge in [-0.2, -0.15) is 0 Å². The van der Waals surface area contributed by atoms with E-state index in [1.54, 1.807) is 0 Å². The Labute approximate surface area is 149 Å². The summed E-state index contributed by atoms with van der Waals surface area (Å²) in [6.07, 6.45) is 7.82. The molecule has 0 radical (unpaired) electrons. The smallest absolute Gasteiger partial charge is 0.194 e. The molecular weight excluding hydrogens is 316 g/mol. The third-order valence-corrected chi connectivity index (χ3v) is 4.82. The summed E-state index contributed by atoms with van der Waals surface area (Å²) in [5.41, 5.74) is 0.974. The highest BCUT2D eigenvalue weighted by molar-refractivity contribution is 5.80. The molecule has 25 heavy (non-hydrogen) atoms. The predicted octanol–water partition coefficient (Wildman–Crippen LogP) is 2.48. The molecule has 2 aromatic heterocycles. The summed E-state index contributed by atoms with van der Waals surface area (Å²) < 4.78 is 7.57. The van der Waals surface area contributed by atoms with Crippen LogP contribution in [0.2, 0.25) is 0 Å². The fourth-order valence-electron chi connectivity index (χ4n) is 3.27. The van der Waals surface area contributed by atoms with Gasteiger partial charge in [0.1, 0.15) is 6.54 Å². The molecular formula is C18H28N6O. The maximum Gasteiger partial charge on any atom is 0.194 e. The van der Waals surface area contributed by atoms with E-state index in [4.69, 9.17) is 9.52 Å². The maximum absolute atomic E-state index is 5.35. The van der Waals surface area contributed by atoms with Crippen molar-refractivity contribution in [2.75, 3.05) is 19.6 Å². The van der Waals surface area contributed by atoms with Crippen molar-refractivity contribution in [1.82, 2.24) is 24.9 Å². The summed E-state index contributed by atoms with van der Waals surface area (Å²) in [6, 6.07) is 2.40. The van der Waals surface area contributed by atoms with Crippen molar-refractivity contribution < 1.29 is 4.52 Å². The molecule has 1 aliphatic rings. The molecule has 7 heteroatoms. The minimum absolute atomic E-state index is 0.414. The van der Waals surface area contributed by atoms with Gasteiger partial charge in [0.25, 0.3) is 0 Å². The van der Waals surface area contributed by atoms with Crippen LogP contribution in [0, 0.1) is 5.92 Å². The van der Waals surface area contributed by atoms with Gasteiger partial charge in [-0.25, -0.2) is 9.98 Å². The van der Waals surface area contributed by atoms with Crippen molar-refractivity contribution in [3.05, 3.63) is 36.2 Å². The monoisotopic (exact) mass is 344 g/mol. The highest BCUT2D eigenvalue weighted by Crippen LogP contribution is 2.27. The Hall–Kier alpha value is -2.31. The van der Waals surface area contributed by atoms with Crippen molar-refractivity contribution >= 4 is 5.96 Å². The van der Waals surface area contributed by atoms with Crippen molar-refractivity contribution in [2.45, 2.75) is 46.2 Å². The molecule has 7 nitrogen and oxygen atoms in total. The van der Waals surface area contributed by atoms with E-state index < -0.39 is 0 Å². The number of aromatic nitrogens is 3. The zero-order valence-corrected chi connectivity index (χ0v) is 15.4. The first kappa shape index (κ1) is 17.5. The van der Waals surface area contributed by atoms with Gasteiger partial charge < -0.3 is 19.3 Å². The van der Waals surface area contributed by atoms with E-state index >= 15 is 0 Å². The normalized spacial score (nSPS) is 21.6. The van der Waals surface area contributed by atoms with Crippen LogP contribution in [0.15, 0.2) is 34.3 Å². The summed E-state index contributed by atoms with van der Waals surface area (Å²) in [5.74, 6) is 2.37. The standard InChI is InChI=1S/C18H28N6O/c1-4-15-10-16(25-22-15)11-21-18(20-5-2)23-8-6-14(3)17(12-23)24-9-7-19-13-24/h7,9-10,13-14,17H,4-6,8,11-12H2,1-3H3,(H,20,21). The molecule has 1 N–H and O–H groups in total. The van der Waals surface area contributed by atoms with Gasteiger partial charge in [-0.15, -0.1) is 0 Å². The Bertz CT molecular complexity index is 678. The average Bonchev–Trinajstić information content (AvgIpc) is 3.31. The van der Waals surface area contributed by atoms with Crippen LogP contribution in [0.1, 0.15) is 44.7 Å². The Morgan fingerprint density at radius 3 is 3.00 bits per heavy atom. The molecule has 0 bridgehead atoms. The zero-order valence-electron chi connectivity index (χ0n) is 15.4. The fraction of sp³-hybridized carbons (Fsp3) is 0.611. The molecule has 0 amide bonds. The molecule has 0 spiro atoms. The molecule has 1 saturated heterocycles. The Morgan fingerprint density at radius 1 is 1.44 bits per heavy atom. The van der Waals surface area contributed by atoms with Crippen LogP contribution >= 0.6 is 0 Å². The quantitative estimate of drug-likeness (QED) is 0.666. The van der Waals surface area contributed by atoms with Crippen LogP contribution in [-0.2, 0) is 13.0 Å². The SMILES string of the molecule is CCNC(=NCc1cc(CC)no1)N1CCC(C)C(n2ccnc2)C1. The second-order valence-corrected chi connectivity index (χ2v) is 6.60. The van der Waals surface area contributed by atoms with E-state index in [0.29, 0.717) is 18.5 Å². The summed E-state index contributed by atoms with van der Waals surface area (Å²) in [6.45, 7) is 9.77. The fourth-order valence-corrected chi connectivity index (χ4v) is 3.27. The lowest BCUT2D eigenvalue weighted by molar-refractivity contribution is 0.189. The largest absolute Gasteiger partial charge is 0.359 e. The van der Waals surface area contributed by atoms with Crippen molar-refractivity contribution in [2.24, 2.45) is 10.9 Å². The number of nitrogens with zero attached hydrogens (tertiary/aromatic N) is 5. The Morgan fingerprint density at radius 2 is 2.32 bits per heavy atom. The van der Waals surface area contributed by atoms with Gasteiger partial charge in [0.15, 0.2) is 11.7 Å². The van der Waals surface area contributed by atoms with Crippen molar-refractivity contribution in [3.63, 3.8) is 0 Å². The van der Waals surface area contributed by atoms with Gasteiger partial charge in [-0.05, 0) is 25.7 Å². The van der Waals surface area contributed by atoms with Crippen LogP contribution in [-0.4, -0.2) is 45.2 Å². The zero-order chi connectivity index (χ0) is 17.6. The number of aliphatic imine (C=N–C) groups is 1. The molecule has 2 unspecified atom stereocenters. The van der Waals surface area contributed by atoms with Gasteiger partial charge in [-0.1, -0.05) is 19.0 Å². The molecule has 136 valence electrons. The van der Waals surface area contributed by atoms with E-state index in [-0.39, 0.29) is 0 Å². The van der Waals surface area contributed by atoms with Gasteiger partial charge >= 0.3 is 0 Å². The van der Waals surface area contributed by atoms with Crippen molar-refractivity contribution in [3.8, 4) is 0 Å². The van der Waals surface area contributed by atoms with E-state index in [2.05, 4.69) is 51.9 Å². The molecule has 2 atom stereocenters. The van der Waals surface area contributed by atoms with Gasteiger partial charge in [0.05, 0.1) is 18.1 Å². The van der Waals surface area contributed by atoms with E-state index in [0.717, 1.165) is 49.9 Å². The first-order valence-corrected chi connectivity index (χ1v) is 9.16. The number of piperidine rings is 1. The number of guanidine groups is 1. The van der Waals surface area contributed by atoms with Crippen LogP contribution in [0.3, 0.4) is 0 Å². The van der Waals surface area contributed by atoms with Crippen LogP contribution in [0.4, 0.5) is 0 Å². The summed E-state index contributed by atoms with van der Waals surface area (Å²) >= 11 is 0. The second kappa shape index (κ2) is 8.18. The highest BCUT2D eigenvalue weighted by atomic mass is 16.5. The maximum atomic E-state index is 5.35. The number of rotatable bonds is 5. The third kappa shape index (κ3) is 4.21. The Balaban J connectivity index is 1.71. The molecule has 2 aromatic rings. The molecule has 0 aliphatic carbocycles. The minimum Gasteiger partial charge on any atom is -0.359 e. The third-order valence-electron chi connectivity index (χ3n) is 4.82. The first-order chi connectivity index (χ1) is 12.2. The molecule has 0 aromatic carbocycles. The number of likely N-dealkylation sites (tertiary alicyclic amines) is 1. The lowest BCUT2D eigenvalue weighted by Gasteiger charge is -2.39. The van der Waals surface area contributed by atoms with Crippen LogP contribution in [0.5, 0.6) is 0 Å². The van der Waals surface area contributed by atoms with E-state index in [1.165, 1.54) is 0 Å². The molecule has 3 rings (SSSR count). The summed E-state index contributed by atoms with van der Waals surface area (Å²) in [5, 5.41) is 7.45. The molecule has 1 aliphatic heterocycles. The topological polar surface area (TPSA) is 71.5 Å². The molecule has 0 saturated carbocycles. The molecule has 3 heterocycles.